The molecule has 20 heavy (non-hydrogen) atoms. The molecule has 0 radical (unpaired) electrons. The Balaban J connectivity index is 2.01. The highest BCUT2D eigenvalue weighted by Gasteiger charge is 2.32. The van der Waals surface area contributed by atoms with Crippen LogP contribution < -0.4 is 4.74 Å². The third kappa shape index (κ3) is 2.36. The van der Waals surface area contributed by atoms with Crippen LogP contribution in [0.4, 0.5) is 0 Å². The van der Waals surface area contributed by atoms with E-state index < -0.39 is 0 Å². The van der Waals surface area contributed by atoms with Crippen molar-refractivity contribution >= 4 is 49.0 Å². The van der Waals surface area contributed by atoms with E-state index in [9.17, 15) is 4.79 Å². The topological polar surface area (TPSA) is 26.3 Å². The fourth-order valence-corrected chi connectivity index (χ4v) is 4.26. The predicted molar refractivity (Wildman–Crippen MR) is 88.1 cm³/mol. The van der Waals surface area contributed by atoms with E-state index in [1.165, 1.54) is 11.3 Å². The van der Waals surface area contributed by atoms with E-state index in [-0.39, 0.29) is 11.2 Å². The van der Waals surface area contributed by atoms with Gasteiger partial charge in [-0.25, -0.2) is 0 Å². The van der Waals surface area contributed by atoms with Crippen LogP contribution in [-0.2, 0) is 5.41 Å². The van der Waals surface area contributed by atoms with E-state index in [1.54, 1.807) is 0 Å². The van der Waals surface area contributed by atoms with Gasteiger partial charge in [-0.1, -0.05) is 13.8 Å². The summed E-state index contributed by atoms with van der Waals surface area (Å²) in [7, 11) is 0. The quantitative estimate of drug-likeness (QED) is 0.632. The van der Waals surface area contributed by atoms with Crippen molar-refractivity contribution in [3.05, 3.63) is 48.5 Å². The second-order valence-corrected chi connectivity index (χ2v) is 8.67. The number of hydrogen-bond acceptors (Lipinski definition) is 3. The molecule has 1 aromatic carbocycles. The average Bonchev–Trinajstić information content (AvgIpc) is 2.90. The fourth-order valence-electron chi connectivity index (χ4n) is 2.26. The normalized spacial score (nSPS) is 15.8. The molecule has 5 heteroatoms. The Hall–Kier alpha value is -0.650. The zero-order valence-corrected chi connectivity index (χ0v) is 15.0. The molecule has 104 valence electrons. The average molecular weight is 416 g/mol. The van der Waals surface area contributed by atoms with Crippen LogP contribution in [0.25, 0.3) is 0 Å². The minimum absolute atomic E-state index is 0.0394. The lowest BCUT2D eigenvalue weighted by molar-refractivity contribution is 0.104. The molecule has 3 rings (SSSR count). The Morgan fingerprint density at radius 3 is 2.70 bits per heavy atom. The van der Waals surface area contributed by atoms with Gasteiger partial charge < -0.3 is 4.74 Å². The molecule has 1 aromatic heterocycles. The fraction of sp³-hybridized carbons (Fsp3) is 0.267. The van der Waals surface area contributed by atoms with Gasteiger partial charge in [-0.3, -0.25) is 4.79 Å². The molecule has 0 saturated carbocycles. The van der Waals surface area contributed by atoms with E-state index in [1.807, 2.05) is 24.3 Å². The van der Waals surface area contributed by atoms with Gasteiger partial charge in [0.05, 0.1) is 15.3 Å². The van der Waals surface area contributed by atoms with Crippen molar-refractivity contribution in [2.45, 2.75) is 19.3 Å². The molecule has 2 nitrogen and oxygen atoms in total. The molecule has 2 aromatic rings. The molecule has 1 aliphatic rings. The maximum Gasteiger partial charge on any atom is 0.203 e. The summed E-state index contributed by atoms with van der Waals surface area (Å²) in [4.78, 5) is 13.3. The van der Waals surface area contributed by atoms with E-state index in [2.05, 4.69) is 45.7 Å². The van der Waals surface area contributed by atoms with Crippen LogP contribution in [-0.4, -0.2) is 12.4 Å². The SMILES string of the molecule is CC1(C)COc2ccc(C(=O)c3cc(Br)c(Br)s3)cc21. The van der Waals surface area contributed by atoms with Crippen LogP contribution in [0.15, 0.2) is 32.5 Å². The number of hydrogen-bond donors (Lipinski definition) is 0. The van der Waals surface area contributed by atoms with Gasteiger partial charge in [0.1, 0.15) is 5.75 Å². The maximum absolute atomic E-state index is 12.6. The van der Waals surface area contributed by atoms with Gasteiger partial charge in [0.15, 0.2) is 0 Å². The van der Waals surface area contributed by atoms with Gasteiger partial charge in [0, 0.05) is 21.0 Å². The molecule has 0 unspecified atom stereocenters. The zero-order valence-electron chi connectivity index (χ0n) is 11.0. The van der Waals surface area contributed by atoms with Gasteiger partial charge in [0.25, 0.3) is 0 Å². The Bertz CT molecular complexity index is 684. The number of fused-ring (bicyclic) bond motifs is 1. The molecule has 0 aliphatic carbocycles. The lowest BCUT2D eigenvalue weighted by atomic mass is 9.86. The maximum atomic E-state index is 12.6. The summed E-state index contributed by atoms with van der Waals surface area (Å²) in [6, 6.07) is 7.55. The zero-order chi connectivity index (χ0) is 14.5. The van der Waals surface area contributed by atoms with Crippen molar-refractivity contribution in [2.24, 2.45) is 0 Å². The van der Waals surface area contributed by atoms with Gasteiger partial charge in [0.2, 0.25) is 5.78 Å². The van der Waals surface area contributed by atoms with Gasteiger partial charge >= 0.3 is 0 Å². The summed E-state index contributed by atoms with van der Waals surface area (Å²) >= 11 is 8.28. The molecular weight excluding hydrogens is 404 g/mol. The first-order chi connectivity index (χ1) is 9.38. The van der Waals surface area contributed by atoms with E-state index in [4.69, 9.17) is 4.74 Å². The third-order valence-corrected chi connectivity index (χ3v) is 6.68. The molecule has 1 aliphatic heterocycles. The number of carbonyl (C=O) groups excluding carboxylic acids is 1. The minimum atomic E-state index is -0.0394. The largest absolute Gasteiger partial charge is 0.492 e. The predicted octanol–water partition coefficient (Wildman–Crippen LogP) is 5.17. The summed E-state index contributed by atoms with van der Waals surface area (Å²) in [6.45, 7) is 4.92. The summed E-state index contributed by atoms with van der Waals surface area (Å²) in [5.41, 5.74) is 1.78. The highest BCUT2D eigenvalue weighted by Crippen LogP contribution is 2.39. The van der Waals surface area contributed by atoms with Crippen molar-refractivity contribution < 1.29 is 9.53 Å². The number of ether oxygens (including phenoxy) is 1. The van der Waals surface area contributed by atoms with Crippen LogP contribution in [0.2, 0.25) is 0 Å². The Kier molecular flexibility index (Phi) is 3.55. The van der Waals surface area contributed by atoms with Gasteiger partial charge in [-0.2, -0.15) is 0 Å². The van der Waals surface area contributed by atoms with Crippen LogP contribution in [0.3, 0.4) is 0 Å². The lowest BCUT2D eigenvalue weighted by Gasteiger charge is -2.15. The van der Waals surface area contributed by atoms with Gasteiger partial charge in [-0.05, 0) is 56.1 Å². The van der Waals surface area contributed by atoms with Gasteiger partial charge in [-0.15, -0.1) is 11.3 Å². The third-order valence-electron chi connectivity index (χ3n) is 3.43. The number of ketones is 1. The molecule has 0 fully saturated rings. The number of benzene rings is 1. The van der Waals surface area contributed by atoms with Crippen molar-refractivity contribution in [2.75, 3.05) is 6.61 Å². The molecule has 0 bridgehead atoms. The minimum Gasteiger partial charge on any atom is -0.492 e. The Morgan fingerprint density at radius 2 is 2.05 bits per heavy atom. The van der Waals surface area contributed by atoms with Crippen LogP contribution in [0.5, 0.6) is 5.75 Å². The second-order valence-electron chi connectivity index (χ2n) is 5.44. The molecule has 0 spiro atoms. The highest BCUT2D eigenvalue weighted by atomic mass is 79.9. The lowest BCUT2D eigenvalue weighted by Crippen LogP contribution is -2.18. The summed E-state index contributed by atoms with van der Waals surface area (Å²) in [6.07, 6.45) is 0. The smallest absolute Gasteiger partial charge is 0.203 e. The van der Waals surface area contributed by atoms with E-state index in [0.717, 1.165) is 24.4 Å². The first-order valence-electron chi connectivity index (χ1n) is 6.15. The molecule has 2 heterocycles. The van der Waals surface area contributed by atoms with E-state index >= 15 is 0 Å². The Labute approximate surface area is 138 Å². The number of halogens is 2. The molecule has 0 atom stereocenters. The standard InChI is InChI=1S/C15H12Br2O2S/c1-15(2)7-19-11-4-3-8(5-9(11)15)13(18)12-6-10(16)14(17)20-12/h3-6H,7H2,1-2H3. The number of carbonyl (C=O) groups is 1. The summed E-state index contributed by atoms with van der Waals surface area (Å²) in [5.74, 6) is 0.937. The summed E-state index contributed by atoms with van der Waals surface area (Å²) < 4.78 is 7.50. The molecule has 0 amide bonds. The van der Waals surface area contributed by atoms with Crippen LogP contribution >= 0.6 is 43.2 Å². The monoisotopic (exact) mass is 414 g/mol. The number of thiophene rings is 1. The Morgan fingerprint density at radius 1 is 1.30 bits per heavy atom. The van der Waals surface area contributed by atoms with Crippen LogP contribution in [0.1, 0.15) is 34.6 Å². The van der Waals surface area contributed by atoms with Crippen LogP contribution in [0, 0.1) is 0 Å². The molecule has 0 N–H and O–H groups in total. The number of rotatable bonds is 2. The van der Waals surface area contributed by atoms with Crippen molar-refractivity contribution in [1.29, 1.82) is 0 Å². The summed E-state index contributed by atoms with van der Waals surface area (Å²) in [5, 5.41) is 0. The highest BCUT2D eigenvalue weighted by molar-refractivity contribution is 9.13. The molecule has 0 saturated heterocycles. The van der Waals surface area contributed by atoms with Crippen molar-refractivity contribution in [1.82, 2.24) is 0 Å². The molecular formula is C15H12Br2O2S. The van der Waals surface area contributed by atoms with Crippen molar-refractivity contribution in [3.8, 4) is 5.75 Å². The second kappa shape index (κ2) is 4.97. The van der Waals surface area contributed by atoms with E-state index in [0.29, 0.717) is 12.2 Å². The van der Waals surface area contributed by atoms with Crippen molar-refractivity contribution in [3.63, 3.8) is 0 Å². The first-order valence-corrected chi connectivity index (χ1v) is 8.55. The first kappa shape index (κ1) is 14.3.